The fourth-order valence-corrected chi connectivity index (χ4v) is 8.43. The molecule has 11 nitrogen and oxygen atoms in total. The van der Waals surface area contributed by atoms with Gasteiger partial charge in [-0.2, -0.15) is 16.8 Å². The van der Waals surface area contributed by atoms with Gasteiger partial charge in [0, 0.05) is 53.4 Å². The smallest absolute Gasteiger partial charge is 0.295 e. The van der Waals surface area contributed by atoms with E-state index in [1.807, 2.05) is 12.1 Å². The van der Waals surface area contributed by atoms with E-state index < -0.39 is 40.1 Å². The first kappa shape index (κ1) is 37.8. The molecule has 274 valence electrons. The van der Waals surface area contributed by atoms with Crippen molar-refractivity contribution >= 4 is 62.8 Å². The minimum atomic E-state index is -4.47. The molecule has 0 saturated carbocycles. The van der Waals surface area contributed by atoms with Gasteiger partial charge in [0.05, 0.1) is 4.90 Å². The third-order valence-corrected chi connectivity index (χ3v) is 11.6. The lowest BCUT2D eigenvalue weighted by atomic mass is 10.1. The van der Waals surface area contributed by atoms with Crippen LogP contribution >= 0.6 is 0 Å². The maximum atomic E-state index is 11.2. The summed E-state index contributed by atoms with van der Waals surface area (Å²) < 4.78 is 97.4. The Morgan fingerprint density at radius 2 is 1.17 bits per heavy atom. The van der Waals surface area contributed by atoms with E-state index in [1.54, 1.807) is 18.2 Å². The average Bonchev–Trinajstić information content (AvgIpc) is 3.42. The molecule has 0 amide bonds. The number of para-hydroxylation sites is 1. The van der Waals surface area contributed by atoms with Crippen LogP contribution in [-0.4, -0.2) is 62.0 Å². The summed E-state index contributed by atoms with van der Waals surface area (Å²) in [6, 6.07) is 38.8. The Hall–Kier alpha value is -4.93. The lowest BCUT2D eigenvalue weighted by molar-refractivity contribution is 0.310. The van der Waals surface area contributed by atoms with Gasteiger partial charge in [-0.05, 0) is 59.3 Å². The number of hydrogen-bond acceptors (Lipinski definition) is 8. The predicted octanol–water partition coefficient (Wildman–Crippen LogP) is 6.75. The lowest BCUT2D eigenvalue weighted by Gasteiger charge is -2.24. The van der Waals surface area contributed by atoms with Gasteiger partial charge < -0.3 is 14.0 Å². The zero-order valence-electron chi connectivity index (χ0n) is 28.4. The zero-order chi connectivity index (χ0) is 38.0. The molecule has 1 aromatic heterocycles. The van der Waals surface area contributed by atoms with E-state index >= 15 is 0 Å². The molecule has 7 aromatic rings. The number of fused-ring (bicyclic) bond motifs is 5. The van der Waals surface area contributed by atoms with E-state index in [0.29, 0.717) is 0 Å². The van der Waals surface area contributed by atoms with Gasteiger partial charge in [0.2, 0.25) is 0 Å². The van der Waals surface area contributed by atoms with Crippen LogP contribution in [0.1, 0.15) is 16.8 Å². The Kier molecular flexibility index (Phi) is 10.8. The molecule has 0 spiro atoms. The Morgan fingerprint density at radius 3 is 1.77 bits per heavy atom. The van der Waals surface area contributed by atoms with Gasteiger partial charge in [0.25, 0.3) is 20.2 Å². The number of benzene rings is 6. The summed E-state index contributed by atoms with van der Waals surface area (Å²) in [7, 11) is -11.1. The molecule has 0 atom stereocenters. The highest BCUT2D eigenvalue weighted by Gasteiger charge is 2.22. The lowest BCUT2D eigenvalue weighted by Crippen LogP contribution is -2.27. The zero-order valence-corrected chi connectivity index (χ0v) is 30.9. The molecule has 2 heterocycles. The average molecular weight is 772 g/mol. The highest BCUT2D eigenvalue weighted by atomic mass is 32.2. The van der Waals surface area contributed by atoms with E-state index in [2.05, 4.69) is 71.1 Å². The van der Waals surface area contributed by atoms with E-state index in [-0.39, 0.29) is 15.7 Å². The molecule has 1 aliphatic heterocycles. The van der Waals surface area contributed by atoms with Crippen molar-refractivity contribution in [2.24, 2.45) is 0 Å². The standard InChI is InChI=1S/C19H20N2.C10H8O6S2.C10H8O3S/c1-20-12-11-19-17(14-20)16-9-5-6-10-18(16)21(19)13-15-7-3-2-4-8-15;11-17(12,13)9-5-1-3-7-8(9)4-2-6-10(7)18(14,15)16;11-14(12,13)10-6-5-8-3-1-2-4-9(8)7-10/h2-10H,11-14H2,1H3;1-6H,(H,11,12,13)(H,14,15,16);1-7H,(H,11,12,13)/p-1. The predicted molar refractivity (Wildman–Crippen MR) is 203 cm³/mol. The normalized spacial score (nSPS) is 13.5. The molecule has 0 fully saturated rings. The molecule has 14 heteroatoms. The Balaban J connectivity index is 0.000000139. The van der Waals surface area contributed by atoms with Gasteiger partial charge in [0.1, 0.15) is 19.9 Å². The quantitative estimate of drug-likeness (QED) is 0.178. The molecule has 6 aromatic carbocycles. The first-order valence-electron chi connectivity index (χ1n) is 16.3. The Labute approximate surface area is 308 Å². The number of likely N-dealkylation sites (N-methyl/N-ethyl adjacent to an activating group) is 1. The third-order valence-electron chi connectivity index (χ3n) is 8.94. The van der Waals surface area contributed by atoms with Crippen molar-refractivity contribution in [1.82, 2.24) is 9.47 Å². The summed E-state index contributed by atoms with van der Waals surface area (Å²) in [5.74, 6) is 0. The van der Waals surface area contributed by atoms with E-state index in [1.165, 1.54) is 64.1 Å². The molecule has 0 unspecified atom stereocenters. The van der Waals surface area contributed by atoms with Gasteiger partial charge in [-0.25, -0.2) is 8.42 Å². The van der Waals surface area contributed by atoms with Crippen molar-refractivity contribution in [1.29, 1.82) is 0 Å². The second-order valence-electron chi connectivity index (χ2n) is 12.5. The topological polar surface area (TPSA) is 174 Å². The van der Waals surface area contributed by atoms with Crippen LogP contribution in [-0.2, 0) is 49.9 Å². The minimum Gasteiger partial charge on any atom is -0.744 e. The Bertz CT molecular complexity index is 2710. The van der Waals surface area contributed by atoms with Crippen LogP contribution in [0.3, 0.4) is 0 Å². The maximum Gasteiger partial charge on any atom is 0.295 e. The second-order valence-corrected chi connectivity index (χ2v) is 16.7. The molecule has 0 aliphatic carbocycles. The van der Waals surface area contributed by atoms with Crippen LogP contribution in [0.15, 0.2) is 148 Å². The van der Waals surface area contributed by atoms with Crippen molar-refractivity contribution in [3.05, 3.63) is 150 Å². The molecule has 0 bridgehead atoms. The van der Waals surface area contributed by atoms with Gasteiger partial charge in [-0.15, -0.1) is 0 Å². The summed E-state index contributed by atoms with van der Waals surface area (Å²) in [5.41, 5.74) is 5.80. The van der Waals surface area contributed by atoms with Crippen LogP contribution in [0.2, 0.25) is 0 Å². The van der Waals surface area contributed by atoms with Gasteiger partial charge in [-0.1, -0.05) is 103 Å². The van der Waals surface area contributed by atoms with Gasteiger partial charge in [0.15, 0.2) is 0 Å². The van der Waals surface area contributed by atoms with Crippen molar-refractivity contribution in [3.8, 4) is 0 Å². The summed E-state index contributed by atoms with van der Waals surface area (Å²) in [5, 5.41) is 3.14. The highest BCUT2D eigenvalue weighted by molar-refractivity contribution is 7.86. The summed E-state index contributed by atoms with van der Waals surface area (Å²) in [6.45, 7) is 3.19. The number of hydrogen-bond donors (Lipinski definition) is 2. The second kappa shape index (κ2) is 15.2. The molecule has 0 radical (unpaired) electrons. The third kappa shape index (κ3) is 8.66. The first-order valence-corrected chi connectivity index (χ1v) is 20.6. The summed E-state index contributed by atoms with van der Waals surface area (Å²) in [4.78, 5) is 1.41. The fourth-order valence-electron chi connectivity index (χ4n) is 6.51. The largest absolute Gasteiger partial charge is 0.744 e. The van der Waals surface area contributed by atoms with Crippen LogP contribution in [0.25, 0.3) is 32.4 Å². The van der Waals surface area contributed by atoms with E-state index in [0.717, 1.165) is 49.0 Å². The van der Waals surface area contributed by atoms with Crippen molar-refractivity contribution in [2.45, 2.75) is 34.2 Å². The molecular formula is C39H35N2O9S3-. The Morgan fingerprint density at radius 1 is 0.623 bits per heavy atom. The van der Waals surface area contributed by atoms with Crippen LogP contribution in [0, 0.1) is 0 Å². The molecule has 53 heavy (non-hydrogen) atoms. The molecule has 8 rings (SSSR count). The number of nitrogens with zero attached hydrogens (tertiary/aromatic N) is 2. The maximum absolute atomic E-state index is 11.2. The highest BCUT2D eigenvalue weighted by Crippen LogP contribution is 2.31. The van der Waals surface area contributed by atoms with E-state index in [9.17, 15) is 29.8 Å². The summed E-state index contributed by atoms with van der Waals surface area (Å²) >= 11 is 0. The minimum absolute atomic E-state index is 0.0233. The van der Waals surface area contributed by atoms with Crippen molar-refractivity contribution < 1.29 is 38.9 Å². The van der Waals surface area contributed by atoms with Crippen molar-refractivity contribution in [3.63, 3.8) is 0 Å². The van der Waals surface area contributed by atoms with Crippen molar-refractivity contribution in [2.75, 3.05) is 13.6 Å². The van der Waals surface area contributed by atoms with Crippen LogP contribution < -0.4 is 0 Å². The molecular weight excluding hydrogens is 737 g/mol. The van der Waals surface area contributed by atoms with Gasteiger partial charge in [-0.3, -0.25) is 9.11 Å². The molecule has 2 N–H and O–H groups in total. The first-order chi connectivity index (χ1) is 25.1. The number of rotatable bonds is 5. The van der Waals surface area contributed by atoms with E-state index in [4.69, 9.17) is 9.11 Å². The monoisotopic (exact) mass is 771 g/mol. The van der Waals surface area contributed by atoms with Gasteiger partial charge >= 0.3 is 0 Å². The molecule has 0 saturated heterocycles. The van der Waals surface area contributed by atoms with Crippen LogP contribution in [0.4, 0.5) is 0 Å². The van der Waals surface area contributed by atoms with Crippen LogP contribution in [0.5, 0.6) is 0 Å². The number of aromatic nitrogens is 1. The fraction of sp³-hybridized carbons (Fsp3) is 0.128. The SMILES string of the molecule is CN1CCc2c(c3ccccc3n2Cc2ccccc2)C1.O=S(=O)(O)c1cccc2c(S(=O)(=O)O)cccc12.O=S(=O)([O-])c1ccc2ccccc2c1. The summed E-state index contributed by atoms with van der Waals surface area (Å²) in [6.07, 6.45) is 1.15. The molecule has 1 aliphatic rings.